The predicted octanol–water partition coefficient (Wildman–Crippen LogP) is 0.946. The molecule has 2 fully saturated rings. The summed E-state index contributed by atoms with van der Waals surface area (Å²) < 4.78 is 18.5. The van der Waals surface area contributed by atoms with Crippen molar-refractivity contribution >= 4 is 0 Å². The molecule has 2 rings (SSSR count). The van der Waals surface area contributed by atoms with Crippen LogP contribution in [0.3, 0.4) is 0 Å². The van der Waals surface area contributed by atoms with Crippen molar-refractivity contribution in [2.75, 3.05) is 99.5 Å². The van der Waals surface area contributed by atoms with Gasteiger partial charge in [-0.2, -0.15) is 0 Å². The number of nitrogens with zero attached hydrogens (tertiary/aromatic N) is 3. The van der Waals surface area contributed by atoms with Gasteiger partial charge in [0.25, 0.3) is 0 Å². The highest BCUT2D eigenvalue weighted by Crippen LogP contribution is 2.17. The summed E-state index contributed by atoms with van der Waals surface area (Å²) in [6.45, 7) is 10.6. The van der Waals surface area contributed by atoms with Crippen molar-refractivity contribution in [3.63, 3.8) is 0 Å². The van der Waals surface area contributed by atoms with Crippen molar-refractivity contribution in [2.45, 2.75) is 76.3 Å². The Hall–Kier alpha value is -0.360. The highest BCUT2D eigenvalue weighted by atomic mass is 16.6. The fraction of sp³-hybridized carbons (Fsp3) is 1.00. The highest BCUT2D eigenvalue weighted by Gasteiger charge is 2.29. The summed E-state index contributed by atoms with van der Waals surface area (Å²) in [5.41, 5.74) is 0. The molecule has 0 aromatic carbocycles. The molecule has 9 heteroatoms. The summed E-state index contributed by atoms with van der Waals surface area (Å²) in [7, 11) is 4.22. The molecule has 2 aliphatic rings. The van der Waals surface area contributed by atoms with E-state index in [-0.39, 0.29) is 39.1 Å². The lowest BCUT2D eigenvalue weighted by atomic mass is 10.2. The number of quaternary nitrogens is 1. The van der Waals surface area contributed by atoms with Crippen LogP contribution in [0.4, 0.5) is 0 Å². The molecule has 0 aromatic heterocycles. The minimum atomic E-state index is -0.564. The first kappa shape index (κ1) is 31.9. The summed E-state index contributed by atoms with van der Waals surface area (Å²) in [6, 6.07) is 0. The van der Waals surface area contributed by atoms with Crippen LogP contribution in [0.15, 0.2) is 0 Å². The van der Waals surface area contributed by atoms with Gasteiger partial charge in [-0.1, -0.05) is 19.8 Å². The quantitative estimate of drug-likeness (QED) is 0.153. The molecule has 214 valence electrons. The van der Waals surface area contributed by atoms with E-state index in [0.717, 1.165) is 43.6 Å². The molecule has 0 bridgehead atoms. The molecular formula is C27H56N3O6+. The topological polar surface area (TPSA) is 94.9 Å². The second kappa shape index (κ2) is 18.0. The lowest BCUT2D eigenvalue weighted by Gasteiger charge is -2.31. The van der Waals surface area contributed by atoms with Crippen LogP contribution in [0.1, 0.15) is 51.9 Å². The average Bonchev–Trinajstić information content (AvgIpc) is 3.49. The summed E-state index contributed by atoms with van der Waals surface area (Å²) in [6.07, 6.45) is 6.34. The van der Waals surface area contributed by atoms with Crippen molar-refractivity contribution in [3.8, 4) is 0 Å². The summed E-state index contributed by atoms with van der Waals surface area (Å²) in [5, 5.41) is 31.3. The van der Waals surface area contributed by atoms with E-state index in [0.29, 0.717) is 19.6 Å². The van der Waals surface area contributed by atoms with Gasteiger partial charge in [-0.15, -0.1) is 0 Å². The van der Waals surface area contributed by atoms with E-state index in [2.05, 4.69) is 23.8 Å². The Morgan fingerprint density at radius 2 is 1.47 bits per heavy atom. The first-order chi connectivity index (χ1) is 17.3. The summed E-state index contributed by atoms with van der Waals surface area (Å²) >= 11 is 0. The number of hydrogen-bond donors (Lipinski definition) is 3. The number of likely N-dealkylation sites (N-methyl/N-ethyl adjacent to an activating group) is 2. The zero-order chi connectivity index (χ0) is 26.2. The van der Waals surface area contributed by atoms with E-state index in [4.69, 9.17) is 14.2 Å². The number of aliphatic hydroxyl groups is 3. The van der Waals surface area contributed by atoms with Crippen LogP contribution in [-0.4, -0.2) is 154 Å². The van der Waals surface area contributed by atoms with Gasteiger partial charge in [0.15, 0.2) is 0 Å². The Balaban J connectivity index is 1.71. The molecule has 0 aromatic rings. The first-order valence-electron chi connectivity index (χ1n) is 14.4. The average molecular weight is 519 g/mol. The van der Waals surface area contributed by atoms with Gasteiger partial charge in [-0.05, 0) is 45.9 Å². The van der Waals surface area contributed by atoms with E-state index in [1.165, 1.54) is 38.5 Å². The van der Waals surface area contributed by atoms with Gasteiger partial charge in [0, 0.05) is 25.9 Å². The lowest BCUT2D eigenvalue weighted by molar-refractivity contribution is -0.900. The van der Waals surface area contributed by atoms with Crippen molar-refractivity contribution in [2.24, 2.45) is 0 Å². The number of likely N-dealkylation sites (tertiary alicyclic amines) is 2. The van der Waals surface area contributed by atoms with E-state index >= 15 is 0 Å². The van der Waals surface area contributed by atoms with E-state index in [9.17, 15) is 15.3 Å². The molecule has 4 atom stereocenters. The monoisotopic (exact) mass is 518 g/mol. The maximum Gasteiger partial charge on any atom is 0.126 e. The van der Waals surface area contributed by atoms with Crippen LogP contribution in [0, 0.1) is 0 Å². The third-order valence-corrected chi connectivity index (χ3v) is 7.38. The Morgan fingerprint density at radius 1 is 0.833 bits per heavy atom. The molecule has 36 heavy (non-hydrogen) atoms. The second-order valence-electron chi connectivity index (χ2n) is 11.4. The molecule has 2 aliphatic heterocycles. The third kappa shape index (κ3) is 14.0. The Kier molecular flexibility index (Phi) is 15.9. The van der Waals surface area contributed by atoms with Crippen molar-refractivity contribution in [3.05, 3.63) is 0 Å². The summed E-state index contributed by atoms with van der Waals surface area (Å²) in [4.78, 5) is 4.40. The van der Waals surface area contributed by atoms with Crippen LogP contribution < -0.4 is 0 Å². The minimum Gasteiger partial charge on any atom is -0.389 e. The molecule has 9 nitrogen and oxygen atoms in total. The highest BCUT2D eigenvalue weighted by molar-refractivity contribution is 4.71. The number of aliphatic hydroxyl groups excluding tert-OH is 3. The van der Waals surface area contributed by atoms with Crippen LogP contribution in [-0.2, 0) is 14.2 Å². The smallest absolute Gasteiger partial charge is 0.126 e. The lowest BCUT2D eigenvalue weighted by Crippen LogP contribution is -2.47. The number of β-amino-alcohol motifs (C(OH)–C–C–N with tert-alkyl or cyclic N) is 1. The second-order valence-corrected chi connectivity index (χ2v) is 11.4. The number of rotatable bonds is 21. The maximum absolute atomic E-state index is 10.5. The van der Waals surface area contributed by atoms with Crippen LogP contribution in [0.5, 0.6) is 0 Å². The summed E-state index contributed by atoms with van der Waals surface area (Å²) in [5.74, 6) is 0. The molecule has 0 spiro atoms. The Labute approximate surface area is 219 Å². The fourth-order valence-electron chi connectivity index (χ4n) is 5.36. The van der Waals surface area contributed by atoms with Gasteiger partial charge >= 0.3 is 0 Å². The largest absolute Gasteiger partial charge is 0.389 e. The molecular weight excluding hydrogens is 462 g/mol. The number of ether oxygens (including phenoxy) is 3. The number of hydrogen-bond acceptors (Lipinski definition) is 8. The van der Waals surface area contributed by atoms with Gasteiger partial charge in [0.2, 0.25) is 0 Å². The van der Waals surface area contributed by atoms with Crippen molar-refractivity contribution in [1.29, 1.82) is 0 Å². The normalized spacial score (nSPS) is 21.8. The van der Waals surface area contributed by atoms with E-state index in [1.54, 1.807) is 0 Å². The fourth-order valence-corrected chi connectivity index (χ4v) is 5.36. The van der Waals surface area contributed by atoms with Crippen molar-refractivity contribution in [1.82, 2.24) is 9.80 Å². The standard InChI is InChI=1S/C27H56N3O6/c1-4-5-6-11-28(2)16-24(31)19-34-22-27(36-21-25(32)17-29-12-7-8-13-29)23-35-20-26(33)18-30(3)14-9-10-15-30/h24-27,31-33H,4-23H2,1-3H3/q+1. The van der Waals surface area contributed by atoms with Gasteiger partial charge in [-0.25, -0.2) is 0 Å². The minimum absolute atomic E-state index is 0.216. The molecule has 0 aliphatic carbocycles. The van der Waals surface area contributed by atoms with E-state index < -0.39 is 18.3 Å². The van der Waals surface area contributed by atoms with Gasteiger partial charge in [0.1, 0.15) is 18.8 Å². The molecule has 3 N–H and O–H groups in total. The van der Waals surface area contributed by atoms with Gasteiger partial charge in [-0.3, -0.25) is 0 Å². The molecule has 0 saturated carbocycles. The van der Waals surface area contributed by atoms with E-state index in [1.807, 2.05) is 7.05 Å². The maximum atomic E-state index is 10.5. The molecule has 0 radical (unpaired) electrons. The van der Waals surface area contributed by atoms with Crippen molar-refractivity contribution < 1.29 is 34.0 Å². The van der Waals surface area contributed by atoms with Crippen LogP contribution in [0.2, 0.25) is 0 Å². The van der Waals surface area contributed by atoms with Crippen LogP contribution >= 0.6 is 0 Å². The third-order valence-electron chi connectivity index (χ3n) is 7.38. The first-order valence-corrected chi connectivity index (χ1v) is 14.4. The Bertz CT molecular complexity index is 546. The number of unbranched alkanes of at least 4 members (excludes halogenated alkanes) is 2. The van der Waals surface area contributed by atoms with Gasteiger partial charge in [0.05, 0.1) is 65.4 Å². The molecule has 2 saturated heterocycles. The SMILES string of the molecule is CCCCCN(C)CC(O)COCC(COCC(O)C[N+]1(C)CCCC1)OCC(O)CN1CCCC1. The zero-order valence-electron chi connectivity index (χ0n) is 23.4. The molecule has 4 unspecified atom stereocenters. The van der Waals surface area contributed by atoms with Crippen LogP contribution in [0.25, 0.3) is 0 Å². The molecule has 0 amide bonds. The van der Waals surface area contributed by atoms with Gasteiger partial charge < -0.3 is 43.8 Å². The molecule has 2 heterocycles. The Morgan fingerprint density at radius 3 is 2.11 bits per heavy atom. The predicted molar refractivity (Wildman–Crippen MR) is 142 cm³/mol. The zero-order valence-corrected chi connectivity index (χ0v) is 23.4.